The Kier molecular flexibility index (Phi) is 5.43. The minimum Gasteiger partial charge on any atom is -0.496 e. The lowest BCUT2D eigenvalue weighted by Gasteiger charge is -2.40. The van der Waals surface area contributed by atoms with Crippen molar-refractivity contribution in [2.75, 3.05) is 40.8 Å². The molecule has 0 aromatic heterocycles. The number of piperazine rings is 1. The predicted molar refractivity (Wildman–Crippen MR) is 84.3 cm³/mol. The molecule has 0 spiro atoms. The average molecular weight is 343 g/mol. The van der Waals surface area contributed by atoms with Gasteiger partial charge in [0.1, 0.15) is 5.75 Å². The van der Waals surface area contributed by atoms with Crippen LogP contribution in [-0.4, -0.2) is 67.9 Å². The molecule has 1 heterocycles. The van der Waals surface area contributed by atoms with Gasteiger partial charge in [-0.05, 0) is 54.1 Å². The van der Waals surface area contributed by atoms with Crippen LogP contribution in [0, 0.1) is 0 Å². The summed E-state index contributed by atoms with van der Waals surface area (Å²) in [5.74, 6) is 0.817. The van der Waals surface area contributed by atoms with E-state index in [9.17, 15) is 5.11 Å². The Bertz CT molecular complexity index is 455. The van der Waals surface area contributed by atoms with E-state index in [0.717, 1.165) is 35.4 Å². The van der Waals surface area contributed by atoms with E-state index in [1.165, 1.54) is 0 Å². The van der Waals surface area contributed by atoms with Crippen LogP contribution in [-0.2, 0) is 6.42 Å². The van der Waals surface area contributed by atoms with E-state index in [1.807, 2.05) is 18.2 Å². The highest BCUT2D eigenvalue weighted by molar-refractivity contribution is 9.10. The molecular formula is C15H23BrN2O2. The summed E-state index contributed by atoms with van der Waals surface area (Å²) >= 11 is 3.49. The Morgan fingerprint density at radius 3 is 2.80 bits per heavy atom. The zero-order valence-electron chi connectivity index (χ0n) is 12.3. The monoisotopic (exact) mass is 342 g/mol. The van der Waals surface area contributed by atoms with Crippen molar-refractivity contribution in [3.8, 4) is 5.75 Å². The molecule has 1 aromatic carbocycles. The van der Waals surface area contributed by atoms with Gasteiger partial charge in [-0.15, -0.1) is 0 Å². The van der Waals surface area contributed by atoms with Gasteiger partial charge in [-0.1, -0.05) is 6.07 Å². The zero-order valence-corrected chi connectivity index (χ0v) is 13.9. The second kappa shape index (κ2) is 6.89. The van der Waals surface area contributed by atoms with Gasteiger partial charge in [0.25, 0.3) is 0 Å². The highest BCUT2D eigenvalue weighted by Crippen LogP contribution is 2.26. The lowest BCUT2D eigenvalue weighted by molar-refractivity contribution is 0.0153. The van der Waals surface area contributed by atoms with Crippen molar-refractivity contribution in [2.24, 2.45) is 0 Å². The molecule has 112 valence electrons. The van der Waals surface area contributed by atoms with Crippen LogP contribution in [0.2, 0.25) is 0 Å². The normalized spacial score (nSPS) is 22.8. The molecule has 2 atom stereocenters. The average Bonchev–Trinajstić information content (AvgIpc) is 2.41. The van der Waals surface area contributed by atoms with Crippen LogP contribution >= 0.6 is 15.9 Å². The van der Waals surface area contributed by atoms with Crippen LogP contribution in [0.15, 0.2) is 22.7 Å². The summed E-state index contributed by atoms with van der Waals surface area (Å²) in [6.07, 6.45) is 0.300. The van der Waals surface area contributed by atoms with Gasteiger partial charge in [0.2, 0.25) is 0 Å². The molecule has 1 aliphatic heterocycles. The molecule has 0 aliphatic carbocycles. The van der Waals surface area contributed by atoms with Crippen LogP contribution in [0.5, 0.6) is 5.75 Å². The van der Waals surface area contributed by atoms with Gasteiger partial charge in [0.15, 0.2) is 0 Å². The number of ether oxygens (including phenoxy) is 1. The van der Waals surface area contributed by atoms with Crippen molar-refractivity contribution in [3.05, 3.63) is 28.2 Å². The minimum atomic E-state index is -0.358. The first-order valence-electron chi connectivity index (χ1n) is 6.90. The van der Waals surface area contributed by atoms with Gasteiger partial charge in [-0.25, -0.2) is 0 Å². The Labute approximate surface area is 129 Å². The highest BCUT2D eigenvalue weighted by atomic mass is 79.9. The summed E-state index contributed by atoms with van der Waals surface area (Å²) in [5, 5.41) is 10.5. The van der Waals surface area contributed by atoms with Gasteiger partial charge < -0.3 is 14.7 Å². The molecule has 1 saturated heterocycles. The first kappa shape index (κ1) is 15.8. The summed E-state index contributed by atoms with van der Waals surface area (Å²) in [4.78, 5) is 4.53. The third-order valence-electron chi connectivity index (χ3n) is 4.00. The van der Waals surface area contributed by atoms with Crippen molar-refractivity contribution < 1.29 is 9.84 Å². The van der Waals surface area contributed by atoms with Crippen molar-refractivity contribution in [2.45, 2.75) is 18.6 Å². The maximum atomic E-state index is 10.5. The molecule has 1 fully saturated rings. The number of hydrogen-bond donors (Lipinski definition) is 1. The molecule has 2 unspecified atom stereocenters. The van der Waals surface area contributed by atoms with E-state index >= 15 is 0 Å². The number of likely N-dealkylation sites (N-methyl/N-ethyl adjacent to an activating group) is 2. The molecule has 20 heavy (non-hydrogen) atoms. The smallest absolute Gasteiger partial charge is 0.133 e. The lowest BCUT2D eigenvalue weighted by Crippen LogP contribution is -2.55. The fourth-order valence-corrected chi connectivity index (χ4v) is 3.26. The summed E-state index contributed by atoms with van der Waals surface area (Å²) in [6.45, 7) is 2.98. The van der Waals surface area contributed by atoms with Crippen LogP contribution in [0.1, 0.15) is 5.56 Å². The summed E-state index contributed by atoms with van der Waals surface area (Å²) in [5.41, 5.74) is 1.12. The van der Waals surface area contributed by atoms with E-state index in [2.05, 4.69) is 39.8 Å². The van der Waals surface area contributed by atoms with Gasteiger partial charge in [0.05, 0.1) is 17.7 Å². The van der Waals surface area contributed by atoms with Crippen LogP contribution in [0.3, 0.4) is 0 Å². The van der Waals surface area contributed by atoms with E-state index < -0.39 is 0 Å². The first-order chi connectivity index (χ1) is 9.51. The van der Waals surface area contributed by atoms with E-state index in [0.29, 0.717) is 6.42 Å². The molecule has 2 rings (SSSR count). The molecule has 0 bridgehead atoms. The predicted octanol–water partition coefficient (Wildman–Crippen LogP) is 1.61. The van der Waals surface area contributed by atoms with Crippen molar-refractivity contribution in [1.29, 1.82) is 0 Å². The first-order valence-corrected chi connectivity index (χ1v) is 7.70. The fourth-order valence-electron chi connectivity index (χ4n) is 2.67. The summed E-state index contributed by atoms with van der Waals surface area (Å²) in [6, 6.07) is 6.16. The molecule has 0 saturated carbocycles. The van der Waals surface area contributed by atoms with Gasteiger partial charge in [0, 0.05) is 25.7 Å². The Morgan fingerprint density at radius 2 is 2.15 bits per heavy atom. The number of benzene rings is 1. The highest BCUT2D eigenvalue weighted by Gasteiger charge is 2.28. The molecule has 0 amide bonds. The molecule has 1 aliphatic rings. The van der Waals surface area contributed by atoms with Crippen molar-refractivity contribution in [1.82, 2.24) is 9.80 Å². The largest absolute Gasteiger partial charge is 0.496 e. The van der Waals surface area contributed by atoms with Gasteiger partial charge in [-0.2, -0.15) is 0 Å². The molecule has 0 radical (unpaired) electrons. The Morgan fingerprint density at radius 1 is 1.40 bits per heavy atom. The number of methoxy groups -OCH3 is 1. The number of aliphatic hydroxyl groups is 1. The zero-order chi connectivity index (χ0) is 14.7. The molecule has 5 heteroatoms. The van der Waals surface area contributed by atoms with Crippen LogP contribution in [0.4, 0.5) is 0 Å². The van der Waals surface area contributed by atoms with Crippen LogP contribution in [0.25, 0.3) is 0 Å². The SMILES string of the molecule is COc1ccc(CC(O)C2CN(C)CCN2C)cc1Br. The van der Waals surface area contributed by atoms with Gasteiger partial charge >= 0.3 is 0 Å². The van der Waals surface area contributed by atoms with E-state index in [1.54, 1.807) is 7.11 Å². The topological polar surface area (TPSA) is 35.9 Å². The molecule has 4 nitrogen and oxygen atoms in total. The number of halogens is 1. The lowest BCUT2D eigenvalue weighted by atomic mass is 9.99. The van der Waals surface area contributed by atoms with E-state index in [-0.39, 0.29) is 12.1 Å². The van der Waals surface area contributed by atoms with Gasteiger partial charge in [-0.3, -0.25) is 4.90 Å². The number of nitrogens with zero attached hydrogens (tertiary/aromatic N) is 2. The van der Waals surface area contributed by atoms with E-state index in [4.69, 9.17) is 4.74 Å². The van der Waals surface area contributed by atoms with Crippen molar-refractivity contribution >= 4 is 15.9 Å². The third kappa shape index (κ3) is 3.73. The fraction of sp³-hybridized carbons (Fsp3) is 0.600. The summed E-state index contributed by atoms with van der Waals surface area (Å²) < 4.78 is 6.16. The Balaban J connectivity index is 2.03. The van der Waals surface area contributed by atoms with Crippen molar-refractivity contribution in [3.63, 3.8) is 0 Å². The summed E-state index contributed by atoms with van der Waals surface area (Å²) in [7, 11) is 5.85. The maximum Gasteiger partial charge on any atom is 0.133 e. The minimum absolute atomic E-state index is 0.189. The second-order valence-electron chi connectivity index (χ2n) is 5.55. The third-order valence-corrected chi connectivity index (χ3v) is 4.62. The Hall–Kier alpha value is -0.620. The second-order valence-corrected chi connectivity index (χ2v) is 6.40. The molecular weight excluding hydrogens is 320 g/mol. The quantitative estimate of drug-likeness (QED) is 0.901. The number of aliphatic hydroxyl groups excluding tert-OH is 1. The number of rotatable bonds is 4. The maximum absolute atomic E-state index is 10.5. The number of hydrogen-bond acceptors (Lipinski definition) is 4. The molecule has 1 aromatic rings. The standard InChI is InChI=1S/C15H23BrN2O2/c1-17-6-7-18(2)13(10-17)14(19)9-11-4-5-15(20-3)12(16)8-11/h4-5,8,13-14,19H,6-7,9-10H2,1-3H3. The van der Waals surface area contributed by atoms with Crippen LogP contribution < -0.4 is 4.74 Å². The molecule has 1 N–H and O–H groups in total.